The molecule has 2 aliphatic carbocycles. The molecule has 2 aliphatic rings. The monoisotopic (exact) mass is 327 g/mol. The maximum atomic E-state index is 3.51. The summed E-state index contributed by atoms with van der Waals surface area (Å²) in [6.45, 7) is 2.01. The van der Waals surface area contributed by atoms with E-state index in [1.54, 1.807) is 0 Å². The summed E-state index contributed by atoms with van der Waals surface area (Å²) in [6.07, 6.45) is 15.4. The van der Waals surface area contributed by atoms with Gasteiger partial charge in [-0.1, -0.05) is 46.3 Å². The van der Waals surface area contributed by atoms with Crippen LogP contribution in [0.2, 0.25) is 0 Å². The molecule has 1 nitrogen and oxygen atoms in total. The molecule has 0 amide bonds. The van der Waals surface area contributed by atoms with Gasteiger partial charge in [0.05, 0.1) is 0 Å². The van der Waals surface area contributed by atoms with Gasteiger partial charge >= 0.3 is 0 Å². The summed E-state index contributed by atoms with van der Waals surface area (Å²) in [5.74, 6) is 1.49. The molecule has 2 radical (unpaired) electrons. The highest BCUT2D eigenvalue weighted by Gasteiger charge is 2.18. The van der Waals surface area contributed by atoms with E-state index in [1.807, 2.05) is 0 Å². The smallest absolute Gasteiger partial charge is 0.0395 e. The zero-order valence-electron chi connectivity index (χ0n) is 11.4. The van der Waals surface area contributed by atoms with Crippen molar-refractivity contribution in [1.29, 1.82) is 0 Å². The van der Waals surface area contributed by atoms with Crippen LogP contribution >= 0.6 is 15.9 Å². The highest BCUT2D eigenvalue weighted by Crippen LogP contribution is 2.26. The first kappa shape index (κ1) is 13.7. The van der Waals surface area contributed by atoms with Gasteiger partial charge in [0.1, 0.15) is 0 Å². The Kier molecular flexibility index (Phi) is 4.41. The number of hydrogen-bond donors (Lipinski definition) is 0. The summed E-state index contributed by atoms with van der Waals surface area (Å²) in [5, 5.41) is 0. The third-order valence-corrected chi connectivity index (χ3v) is 4.20. The fourth-order valence-corrected chi connectivity index (χ4v) is 2.86. The zero-order chi connectivity index (χ0) is 13.8. The highest BCUT2D eigenvalue weighted by atomic mass is 79.9. The molecule has 0 bridgehead atoms. The average molecular weight is 328 g/mol. The maximum absolute atomic E-state index is 3.51. The minimum Gasteiger partial charge on any atom is -0.367 e. The third kappa shape index (κ3) is 3.43. The summed E-state index contributed by atoms with van der Waals surface area (Å²) < 4.78 is 1.13. The standard InChI is InChI=1S/C18H18BrN/c19-17-9-11-18(12-10-17)20(13-15-5-1-2-6-15)14-16-7-3-4-8-16/h1-5,7,9-12H,6,8,13-14H2. The molecule has 0 aliphatic heterocycles. The van der Waals surface area contributed by atoms with Crippen LogP contribution in [0.1, 0.15) is 12.8 Å². The molecule has 1 aromatic carbocycles. The van der Waals surface area contributed by atoms with Gasteiger partial charge in [-0.2, -0.15) is 0 Å². The van der Waals surface area contributed by atoms with Gasteiger partial charge in [-0.15, -0.1) is 0 Å². The van der Waals surface area contributed by atoms with E-state index < -0.39 is 0 Å². The fraction of sp³-hybridized carbons (Fsp3) is 0.222. The summed E-state index contributed by atoms with van der Waals surface area (Å²) in [6, 6.07) is 8.61. The van der Waals surface area contributed by atoms with Gasteiger partial charge in [0.15, 0.2) is 0 Å². The normalized spacial score (nSPS) is 17.8. The second kappa shape index (κ2) is 6.45. The fourth-order valence-electron chi connectivity index (χ4n) is 2.60. The number of allylic oxidation sites excluding steroid dienone is 5. The summed E-state index contributed by atoms with van der Waals surface area (Å²) in [4.78, 5) is 2.46. The lowest BCUT2D eigenvalue weighted by molar-refractivity contribution is 0.818. The minimum atomic E-state index is 1.01. The van der Waals surface area contributed by atoms with Crippen molar-refractivity contribution in [3.05, 3.63) is 77.0 Å². The van der Waals surface area contributed by atoms with Gasteiger partial charge in [0.25, 0.3) is 0 Å². The first-order valence-electron chi connectivity index (χ1n) is 7.01. The van der Waals surface area contributed by atoms with E-state index in [-0.39, 0.29) is 0 Å². The molecular formula is C18H18BrN. The molecule has 3 rings (SSSR count). The minimum absolute atomic E-state index is 1.01. The van der Waals surface area contributed by atoms with Crippen LogP contribution in [0.3, 0.4) is 0 Å². The van der Waals surface area contributed by atoms with Crippen molar-refractivity contribution in [1.82, 2.24) is 0 Å². The predicted octanol–water partition coefficient (Wildman–Crippen LogP) is 4.88. The number of benzene rings is 1. The first-order chi connectivity index (χ1) is 9.81. The van der Waals surface area contributed by atoms with Crippen molar-refractivity contribution in [2.24, 2.45) is 0 Å². The molecule has 1 aromatic rings. The SMILES string of the molecule is Brc1ccc(N(C[C]2[CH]C=CC2)CC2=CC=CC2)cc1. The lowest BCUT2D eigenvalue weighted by Crippen LogP contribution is -2.29. The van der Waals surface area contributed by atoms with Crippen molar-refractivity contribution in [3.8, 4) is 0 Å². The van der Waals surface area contributed by atoms with E-state index in [0.717, 1.165) is 30.4 Å². The molecule has 0 saturated heterocycles. The van der Waals surface area contributed by atoms with Gasteiger partial charge < -0.3 is 4.90 Å². The van der Waals surface area contributed by atoms with E-state index in [2.05, 4.69) is 81.9 Å². The zero-order valence-corrected chi connectivity index (χ0v) is 13.0. The lowest BCUT2D eigenvalue weighted by Gasteiger charge is -2.28. The Bertz CT molecular complexity index is 531. The topological polar surface area (TPSA) is 3.24 Å². The van der Waals surface area contributed by atoms with Gasteiger partial charge in [0, 0.05) is 29.2 Å². The van der Waals surface area contributed by atoms with Crippen molar-refractivity contribution in [3.63, 3.8) is 0 Å². The number of hydrogen-bond acceptors (Lipinski definition) is 1. The van der Waals surface area contributed by atoms with Crippen molar-refractivity contribution < 1.29 is 0 Å². The third-order valence-electron chi connectivity index (χ3n) is 3.68. The van der Waals surface area contributed by atoms with E-state index in [1.165, 1.54) is 17.2 Å². The molecule has 0 atom stereocenters. The van der Waals surface area contributed by atoms with Crippen LogP contribution in [0.15, 0.2) is 64.7 Å². The molecule has 0 N–H and O–H groups in total. The van der Waals surface area contributed by atoms with Crippen molar-refractivity contribution >= 4 is 21.6 Å². The Balaban J connectivity index is 1.72. The summed E-state index contributed by atoms with van der Waals surface area (Å²) in [7, 11) is 0. The maximum Gasteiger partial charge on any atom is 0.0395 e. The molecule has 2 heteroatoms. The van der Waals surface area contributed by atoms with E-state index >= 15 is 0 Å². The van der Waals surface area contributed by atoms with Gasteiger partial charge in [-0.3, -0.25) is 0 Å². The Hall–Kier alpha value is -1.28. The number of rotatable bonds is 5. The highest BCUT2D eigenvalue weighted by molar-refractivity contribution is 9.10. The van der Waals surface area contributed by atoms with Crippen LogP contribution in [0.4, 0.5) is 5.69 Å². The van der Waals surface area contributed by atoms with Crippen molar-refractivity contribution in [2.75, 3.05) is 18.0 Å². The van der Waals surface area contributed by atoms with Crippen molar-refractivity contribution in [2.45, 2.75) is 12.8 Å². The van der Waals surface area contributed by atoms with E-state index in [9.17, 15) is 0 Å². The molecule has 0 saturated carbocycles. The van der Waals surface area contributed by atoms with E-state index in [4.69, 9.17) is 0 Å². The summed E-state index contributed by atoms with van der Waals surface area (Å²) in [5.41, 5.74) is 2.77. The Labute approximate surface area is 129 Å². The molecule has 102 valence electrons. The summed E-state index contributed by atoms with van der Waals surface area (Å²) >= 11 is 3.51. The second-order valence-electron chi connectivity index (χ2n) is 5.25. The Morgan fingerprint density at radius 2 is 1.75 bits per heavy atom. The number of anilines is 1. The molecule has 20 heavy (non-hydrogen) atoms. The quantitative estimate of drug-likeness (QED) is 0.744. The average Bonchev–Trinajstić information content (AvgIpc) is 3.12. The Morgan fingerprint density at radius 3 is 2.40 bits per heavy atom. The van der Waals surface area contributed by atoms with Gasteiger partial charge in [-0.25, -0.2) is 0 Å². The molecule has 0 fully saturated rings. The molecule has 0 spiro atoms. The molecule has 0 unspecified atom stereocenters. The van der Waals surface area contributed by atoms with Gasteiger partial charge in [0.2, 0.25) is 0 Å². The van der Waals surface area contributed by atoms with Crippen LogP contribution in [0.25, 0.3) is 0 Å². The molecule has 0 heterocycles. The number of halogens is 1. The van der Waals surface area contributed by atoms with E-state index in [0.29, 0.717) is 0 Å². The second-order valence-corrected chi connectivity index (χ2v) is 6.16. The van der Waals surface area contributed by atoms with Gasteiger partial charge in [-0.05, 0) is 49.1 Å². The largest absolute Gasteiger partial charge is 0.367 e. The predicted molar refractivity (Wildman–Crippen MR) is 89.5 cm³/mol. The number of nitrogens with zero attached hydrogens (tertiary/aromatic N) is 1. The van der Waals surface area contributed by atoms with Crippen LogP contribution in [-0.4, -0.2) is 13.1 Å². The Morgan fingerprint density at radius 1 is 0.950 bits per heavy atom. The molecular weight excluding hydrogens is 310 g/mol. The molecule has 0 aromatic heterocycles. The van der Waals surface area contributed by atoms with Crippen LogP contribution in [-0.2, 0) is 0 Å². The van der Waals surface area contributed by atoms with Crippen LogP contribution < -0.4 is 4.90 Å². The van der Waals surface area contributed by atoms with Crippen LogP contribution in [0, 0.1) is 12.3 Å². The lowest BCUT2D eigenvalue weighted by atomic mass is 10.1. The first-order valence-corrected chi connectivity index (χ1v) is 7.80. The van der Waals surface area contributed by atoms with Crippen LogP contribution in [0.5, 0.6) is 0 Å².